The highest BCUT2D eigenvalue weighted by atomic mass is 16.5. The molecule has 1 fully saturated rings. The Morgan fingerprint density at radius 3 is 2.78 bits per heavy atom. The Bertz CT molecular complexity index is 700. The summed E-state index contributed by atoms with van der Waals surface area (Å²) in [6, 6.07) is 5.60. The number of likely N-dealkylation sites (N-methyl/N-ethyl adjacent to an activating group) is 2. The van der Waals surface area contributed by atoms with Crippen molar-refractivity contribution in [3.05, 3.63) is 35.9 Å². The molecule has 2 heterocycles. The van der Waals surface area contributed by atoms with Crippen LogP contribution in [0.1, 0.15) is 18.9 Å². The molecule has 1 aromatic rings. The summed E-state index contributed by atoms with van der Waals surface area (Å²) in [5.74, 6) is -1.43. The summed E-state index contributed by atoms with van der Waals surface area (Å²) in [5, 5.41) is 8.54. The number of hydrogen-bond donors (Lipinski definition) is 1. The molecule has 0 spiro atoms. The van der Waals surface area contributed by atoms with Crippen molar-refractivity contribution in [1.29, 1.82) is 0 Å². The van der Waals surface area contributed by atoms with Crippen LogP contribution in [0.5, 0.6) is 5.75 Å². The van der Waals surface area contributed by atoms with Crippen molar-refractivity contribution in [1.82, 2.24) is 4.90 Å². The number of carbonyl (C=O) groups is 2. The number of carbonyl (C=O) groups excluding carboxylic acids is 1. The predicted molar refractivity (Wildman–Crippen MR) is 85.6 cm³/mol. The van der Waals surface area contributed by atoms with E-state index in [1.165, 1.54) is 5.56 Å². The average molecular weight is 316 g/mol. The van der Waals surface area contributed by atoms with Gasteiger partial charge in [-0.15, -0.1) is 0 Å². The summed E-state index contributed by atoms with van der Waals surface area (Å²) in [4.78, 5) is 26.7. The van der Waals surface area contributed by atoms with Crippen molar-refractivity contribution in [2.75, 3.05) is 25.5 Å². The van der Waals surface area contributed by atoms with E-state index in [-0.39, 0.29) is 5.41 Å². The van der Waals surface area contributed by atoms with Gasteiger partial charge in [-0.2, -0.15) is 0 Å². The number of carboxylic acid groups (broad SMARTS) is 1. The first-order valence-corrected chi connectivity index (χ1v) is 7.53. The molecule has 0 aromatic heterocycles. The first-order chi connectivity index (χ1) is 10.8. The first kappa shape index (κ1) is 15.6. The number of fused-ring (bicyclic) bond motifs is 3. The summed E-state index contributed by atoms with van der Waals surface area (Å²) in [7, 11) is 4.20. The number of anilines is 1. The molecule has 122 valence electrons. The summed E-state index contributed by atoms with van der Waals surface area (Å²) in [6.45, 7) is 3.26. The smallest absolute Gasteiger partial charge is 0.336 e. The Hall–Kier alpha value is -2.34. The Labute approximate surface area is 134 Å². The zero-order valence-corrected chi connectivity index (χ0v) is 13.4. The monoisotopic (exact) mass is 316 g/mol. The number of carboxylic acids is 1. The van der Waals surface area contributed by atoms with Gasteiger partial charge < -0.3 is 14.7 Å². The largest absolute Gasteiger partial charge is 0.478 e. The van der Waals surface area contributed by atoms with Crippen molar-refractivity contribution in [2.45, 2.75) is 24.9 Å². The third kappa shape index (κ3) is 2.49. The van der Waals surface area contributed by atoms with Gasteiger partial charge in [-0.05, 0) is 37.2 Å². The molecule has 0 radical (unpaired) electrons. The molecular weight excluding hydrogens is 296 g/mol. The van der Waals surface area contributed by atoms with Crippen LogP contribution in [-0.2, 0) is 15.0 Å². The van der Waals surface area contributed by atoms with Gasteiger partial charge in [-0.3, -0.25) is 4.90 Å². The van der Waals surface area contributed by atoms with E-state index < -0.39 is 11.9 Å². The van der Waals surface area contributed by atoms with Crippen molar-refractivity contribution in [2.24, 2.45) is 0 Å². The number of rotatable bonds is 3. The number of aliphatic carboxylic acids is 1. The van der Waals surface area contributed by atoms with E-state index in [9.17, 15) is 9.59 Å². The van der Waals surface area contributed by atoms with Crippen LogP contribution in [0.15, 0.2) is 30.4 Å². The van der Waals surface area contributed by atoms with Crippen molar-refractivity contribution >= 4 is 17.6 Å². The molecular formula is C17H20N2O4. The van der Waals surface area contributed by atoms with Crippen LogP contribution in [0.4, 0.5) is 5.69 Å². The Morgan fingerprint density at radius 2 is 2.09 bits per heavy atom. The molecule has 23 heavy (non-hydrogen) atoms. The van der Waals surface area contributed by atoms with E-state index in [2.05, 4.69) is 30.8 Å². The maximum absolute atomic E-state index is 11.7. The molecule has 1 aromatic carbocycles. The van der Waals surface area contributed by atoms with Gasteiger partial charge in [0.1, 0.15) is 5.75 Å². The Balaban J connectivity index is 1.88. The molecule has 0 saturated carbocycles. The third-order valence-electron chi connectivity index (χ3n) is 4.88. The first-order valence-electron chi connectivity index (χ1n) is 7.53. The molecule has 2 aliphatic heterocycles. The molecule has 0 amide bonds. The minimum absolute atomic E-state index is 0.00183. The van der Waals surface area contributed by atoms with Gasteiger partial charge in [0.2, 0.25) is 0 Å². The predicted octanol–water partition coefficient (Wildman–Crippen LogP) is 1.60. The second kappa shape index (κ2) is 5.38. The highest BCUT2D eigenvalue weighted by Crippen LogP contribution is 2.51. The molecule has 6 heteroatoms. The van der Waals surface area contributed by atoms with Crippen LogP contribution in [-0.4, -0.2) is 48.8 Å². The fourth-order valence-electron chi connectivity index (χ4n) is 3.91. The lowest BCUT2D eigenvalue weighted by atomic mass is 9.81. The topological polar surface area (TPSA) is 70.1 Å². The van der Waals surface area contributed by atoms with Crippen molar-refractivity contribution in [3.63, 3.8) is 0 Å². The SMILES string of the molecule is CN1CC[C@@]2(C)c3cc(OC(=O)/C=C/C(=O)O)ccc3N(C)C12. The van der Waals surface area contributed by atoms with E-state index in [0.717, 1.165) is 30.8 Å². The standard InChI is InChI=1S/C17H20N2O4/c1-17-8-9-18(2)16(17)19(3)13-5-4-11(10-12(13)17)23-15(22)7-6-14(20)21/h4-7,10,16H,8-9H2,1-3H3,(H,20,21)/b7-6+/t16?,17-/m0/s1. The van der Waals surface area contributed by atoms with Gasteiger partial charge >= 0.3 is 11.9 Å². The van der Waals surface area contributed by atoms with Crippen LogP contribution in [0.25, 0.3) is 0 Å². The summed E-state index contributed by atoms with van der Waals surface area (Å²) < 4.78 is 5.22. The van der Waals surface area contributed by atoms with Gasteiger partial charge in [0.05, 0.1) is 6.17 Å². The van der Waals surface area contributed by atoms with Crippen molar-refractivity contribution < 1.29 is 19.4 Å². The van der Waals surface area contributed by atoms with Gasteiger partial charge in [0.15, 0.2) is 0 Å². The summed E-state index contributed by atoms with van der Waals surface area (Å²) >= 11 is 0. The maximum Gasteiger partial charge on any atom is 0.336 e. The number of ether oxygens (including phenoxy) is 1. The van der Waals surface area contributed by atoms with Gasteiger partial charge in [0.25, 0.3) is 0 Å². The highest BCUT2D eigenvalue weighted by molar-refractivity contribution is 5.91. The normalized spacial score (nSPS) is 26.4. The van der Waals surface area contributed by atoms with E-state index in [4.69, 9.17) is 9.84 Å². The van der Waals surface area contributed by atoms with Gasteiger partial charge in [0, 0.05) is 36.8 Å². The van der Waals surface area contributed by atoms with Gasteiger partial charge in [-0.25, -0.2) is 9.59 Å². The number of esters is 1. The van der Waals surface area contributed by atoms with E-state index in [0.29, 0.717) is 11.9 Å². The molecule has 0 aliphatic carbocycles. The molecule has 0 bridgehead atoms. The third-order valence-corrected chi connectivity index (χ3v) is 4.88. The van der Waals surface area contributed by atoms with Crippen LogP contribution in [0.3, 0.4) is 0 Å². The molecule has 2 atom stereocenters. The Kier molecular flexibility index (Phi) is 3.64. The van der Waals surface area contributed by atoms with Crippen molar-refractivity contribution in [3.8, 4) is 5.75 Å². The van der Waals surface area contributed by atoms with E-state index in [1.807, 2.05) is 12.1 Å². The second-order valence-electron chi connectivity index (χ2n) is 6.40. The molecule has 1 saturated heterocycles. The zero-order chi connectivity index (χ0) is 16.8. The molecule has 1 N–H and O–H groups in total. The fourth-order valence-corrected chi connectivity index (χ4v) is 3.91. The quantitative estimate of drug-likeness (QED) is 0.519. The lowest BCUT2D eigenvalue weighted by Gasteiger charge is -2.32. The summed E-state index contributed by atoms with van der Waals surface area (Å²) in [6.07, 6.45) is 3.03. The lowest BCUT2D eigenvalue weighted by Crippen LogP contribution is -2.45. The highest BCUT2D eigenvalue weighted by Gasteiger charge is 2.52. The molecule has 6 nitrogen and oxygen atoms in total. The number of hydrogen-bond acceptors (Lipinski definition) is 5. The number of likely N-dealkylation sites (tertiary alicyclic amines) is 1. The average Bonchev–Trinajstić information content (AvgIpc) is 2.91. The number of benzene rings is 1. The maximum atomic E-state index is 11.7. The molecule has 1 unspecified atom stereocenters. The molecule has 2 aliphatic rings. The lowest BCUT2D eigenvalue weighted by molar-refractivity contribution is -0.133. The van der Waals surface area contributed by atoms with Gasteiger partial charge in [-0.1, -0.05) is 6.92 Å². The fraction of sp³-hybridized carbons (Fsp3) is 0.412. The minimum Gasteiger partial charge on any atom is -0.478 e. The number of nitrogens with zero attached hydrogens (tertiary/aromatic N) is 2. The zero-order valence-electron chi connectivity index (χ0n) is 13.4. The minimum atomic E-state index is -1.18. The van der Waals surface area contributed by atoms with Crippen LogP contribution in [0, 0.1) is 0 Å². The van der Waals surface area contributed by atoms with E-state index >= 15 is 0 Å². The Morgan fingerprint density at radius 1 is 1.35 bits per heavy atom. The molecule has 3 rings (SSSR count). The van der Waals surface area contributed by atoms with Crippen LogP contribution >= 0.6 is 0 Å². The van der Waals surface area contributed by atoms with Crippen LogP contribution in [0.2, 0.25) is 0 Å². The second-order valence-corrected chi connectivity index (χ2v) is 6.40. The summed E-state index contributed by atoms with van der Waals surface area (Å²) in [5.41, 5.74) is 2.31. The van der Waals surface area contributed by atoms with E-state index in [1.54, 1.807) is 6.07 Å². The van der Waals surface area contributed by atoms with Crippen LogP contribution < -0.4 is 9.64 Å².